The molecule has 0 N–H and O–H groups in total. The molecule has 1 unspecified atom stereocenters. The van der Waals surface area contributed by atoms with E-state index in [0.29, 0.717) is 17.1 Å². The maximum atomic E-state index is 12.2. The number of carbonyl (C=O) groups excluding carboxylic acids is 1. The first-order chi connectivity index (χ1) is 8.85. The van der Waals surface area contributed by atoms with E-state index >= 15 is 0 Å². The molecule has 1 saturated heterocycles. The number of ketones is 1. The van der Waals surface area contributed by atoms with Crippen molar-refractivity contribution in [3.8, 4) is 0 Å². The largest absolute Gasteiger partial charge is 0.370 e. The Bertz CT molecular complexity index is 456. The van der Waals surface area contributed by atoms with Crippen molar-refractivity contribution in [2.24, 2.45) is 0 Å². The molecule has 0 radical (unpaired) electrons. The monoisotopic (exact) mass is 281 g/mol. The van der Waals surface area contributed by atoms with Crippen LogP contribution in [0.1, 0.15) is 31.1 Å². The van der Waals surface area contributed by atoms with Gasteiger partial charge in [0.15, 0.2) is 5.78 Å². The van der Waals surface area contributed by atoms with Crippen LogP contribution in [0, 0.1) is 0 Å². The van der Waals surface area contributed by atoms with Crippen LogP contribution >= 0.6 is 11.6 Å². The van der Waals surface area contributed by atoms with Gasteiger partial charge in [-0.3, -0.25) is 9.69 Å². The number of ether oxygens (including phenoxy) is 1. The second-order valence-electron chi connectivity index (χ2n) is 5.79. The van der Waals surface area contributed by atoms with E-state index < -0.39 is 0 Å². The predicted molar refractivity (Wildman–Crippen MR) is 76.8 cm³/mol. The number of rotatable bonds is 3. The summed E-state index contributed by atoms with van der Waals surface area (Å²) in [5.41, 5.74) is 0.513. The van der Waals surface area contributed by atoms with Gasteiger partial charge in [-0.05, 0) is 45.0 Å². The van der Waals surface area contributed by atoms with Gasteiger partial charge in [-0.15, -0.1) is 0 Å². The van der Waals surface area contributed by atoms with Crippen molar-refractivity contribution in [2.45, 2.75) is 32.5 Å². The number of Topliss-reactive ketones (excluding diaryl/α,β-unsaturated/α-hetero) is 1. The molecule has 1 atom stereocenters. The van der Waals surface area contributed by atoms with E-state index in [-0.39, 0.29) is 17.5 Å². The molecule has 1 fully saturated rings. The van der Waals surface area contributed by atoms with Crippen molar-refractivity contribution in [2.75, 3.05) is 19.6 Å². The third kappa shape index (κ3) is 4.03. The molecule has 0 aliphatic carbocycles. The summed E-state index contributed by atoms with van der Waals surface area (Å²) in [6.07, 6.45) is 0.154. The molecule has 19 heavy (non-hydrogen) atoms. The molecular weight excluding hydrogens is 262 g/mol. The van der Waals surface area contributed by atoms with Crippen molar-refractivity contribution >= 4 is 17.4 Å². The summed E-state index contributed by atoms with van der Waals surface area (Å²) in [4.78, 5) is 14.4. The summed E-state index contributed by atoms with van der Waals surface area (Å²) in [7, 11) is 0. The quantitative estimate of drug-likeness (QED) is 0.798. The van der Waals surface area contributed by atoms with E-state index in [1.165, 1.54) is 0 Å². The number of nitrogens with zero attached hydrogens (tertiary/aromatic N) is 1. The first kappa shape index (κ1) is 14.5. The highest BCUT2D eigenvalue weighted by Gasteiger charge is 2.32. The van der Waals surface area contributed by atoms with E-state index in [4.69, 9.17) is 16.3 Å². The Kier molecular flexibility index (Phi) is 4.29. The van der Waals surface area contributed by atoms with Crippen molar-refractivity contribution in [3.63, 3.8) is 0 Å². The van der Waals surface area contributed by atoms with Gasteiger partial charge in [0.05, 0.1) is 18.2 Å². The zero-order valence-corrected chi connectivity index (χ0v) is 12.4. The van der Waals surface area contributed by atoms with Gasteiger partial charge in [0.2, 0.25) is 0 Å². The van der Waals surface area contributed by atoms with Crippen LogP contribution in [0.25, 0.3) is 0 Å². The second-order valence-corrected chi connectivity index (χ2v) is 6.22. The summed E-state index contributed by atoms with van der Waals surface area (Å²) in [5.74, 6) is 0.126. The van der Waals surface area contributed by atoms with Crippen LogP contribution in [0.4, 0.5) is 0 Å². The minimum absolute atomic E-state index is 0.126. The lowest BCUT2D eigenvalue weighted by Gasteiger charge is -2.41. The molecule has 104 valence electrons. The summed E-state index contributed by atoms with van der Waals surface area (Å²) < 4.78 is 5.84. The van der Waals surface area contributed by atoms with Crippen LogP contribution in [-0.2, 0) is 4.74 Å². The number of morpholine rings is 1. The van der Waals surface area contributed by atoms with Gasteiger partial charge < -0.3 is 4.74 Å². The molecule has 0 spiro atoms. The Labute approximate surface area is 119 Å². The van der Waals surface area contributed by atoms with Gasteiger partial charge in [0.1, 0.15) is 0 Å². The Morgan fingerprint density at radius 3 is 2.63 bits per heavy atom. The molecule has 0 aromatic heterocycles. The molecule has 2 rings (SSSR count). The summed E-state index contributed by atoms with van der Waals surface area (Å²) in [6, 6.07) is 7.06. The number of halogens is 1. The summed E-state index contributed by atoms with van der Waals surface area (Å²) in [5, 5.41) is 0.651. The lowest BCUT2D eigenvalue weighted by molar-refractivity contribution is -0.126. The molecule has 1 heterocycles. The van der Waals surface area contributed by atoms with Crippen LogP contribution in [0.2, 0.25) is 5.02 Å². The summed E-state index contributed by atoms with van der Waals surface area (Å²) >= 11 is 5.83. The highest BCUT2D eigenvalue weighted by Crippen LogP contribution is 2.21. The van der Waals surface area contributed by atoms with E-state index in [1.807, 2.05) is 6.92 Å². The van der Waals surface area contributed by atoms with Crippen molar-refractivity contribution in [1.82, 2.24) is 4.90 Å². The van der Waals surface area contributed by atoms with Crippen LogP contribution in [0.3, 0.4) is 0 Å². The van der Waals surface area contributed by atoms with Crippen LogP contribution in [0.15, 0.2) is 24.3 Å². The highest BCUT2D eigenvalue weighted by atomic mass is 35.5. The molecule has 1 aliphatic heterocycles. The third-order valence-corrected chi connectivity index (χ3v) is 3.43. The smallest absolute Gasteiger partial charge is 0.176 e. The normalized spacial score (nSPS) is 23.3. The first-order valence-electron chi connectivity index (χ1n) is 6.55. The number of hydrogen-bond acceptors (Lipinski definition) is 3. The van der Waals surface area contributed by atoms with Crippen molar-refractivity contribution in [1.29, 1.82) is 0 Å². The van der Waals surface area contributed by atoms with Gasteiger partial charge >= 0.3 is 0 Å². The van der Waals surface area contributed by atoms with Gasteiger partial charge in [-0.2, -0.15) is 0 Å². The van der Waals surface area contributed by atoms with Crippen LogP contribution in [-0.4, -0.2) is 42.0 Å². The number of benzene rings is 1. The Balaban J connectivity index is 2.00. The first-order valence-corrected chi connectivity index (χ1v) is 6.92. The Morgan fingerprint density at radius 1 is 1.42 bits per heavy atom. The maximum Gasteiger partial charge on any atom is 0.176 e. The molecule has 0 amide bonds. The van der Waals surface area contributed by atoms with Crippen molar-refractivity contribution < 1.29 is 9.53 Å². The molecular formula is C15H20ClNO2. The number of carbonyl (C=O) groups is 1. The lowest BCUT2D eigenvalue weighted by atomic mass is 10.0. The molecule has 0 saturated carbocycles. The van der Waals surface area contributed by atoms with Crippen molar-refractivity contribution in [3.05, 3.63) is 34.9 Å². The van der Waals surface area contributed by atoms with Crippen LogP contribution in [0.5, 0.6) is 0 Å². The van der Waals surface area contributed by atoms with E-state index in [2.05, 4.69) is 18.7 Å². The van der Waals surface area contributed by atoms with Gasteiger partial charge in [-0.1, -0.05) is 11.6 Å². The fourth-order valence-electron chi connectivity index (χ4n) is 2.64. The lowest BCUT2D eigenvalue weighted by Crippen LogP contribution is -2.53. The van der Waals surface area contributed by atoms with Gasteiger partial charge in [-0.25, -0.2) is 0 Å². The van der Waals surface area contributed by atoms with Gasteiger partial charge in [0.25, 0.3) is 0 Å². The van der Waals surface area contributed by atoms with E-state index in [0.717, 1.165) is 13.1 Å². The molecule has 4 heteroatoms. The van der Waals surface area contributed by atoms with E-state index in [9.17, 15) is 4.79 Å². The average molecular weight is 282 g/mol. The standard InChI is InChI=1S/C15H20ClNO2/c1-11-8-17(10-15(2,3)19-11)9-14(18)12-4-6-13(16)7-5-12/h4-7,11H,8-10H2,1-3H3. The molecule has 0 bridgehead atoms. The zero-order valence-electron chi connectivity index (χ0n) is 11.6. The maximum absolute atomic E-state index is 12.2. The molecule has 1 aromatic carbocycles. The fourth-order valence-corrected chi connectivity index (χ4v) is 2.76. The predicted octanol–water partition coefficient (Wildman–Crippen LogP) is 3.02. The fraction of sp³-hybridized carbons (Fsp3) is 0.533. The van der Waals surface area contributed by atoms with Gasteiger partial charge in [0, 0.05) is 23.7 Å². The zero-order chi connectivity index (χ0) is 14.0. The summed E-state index contributed by atoms with van der Waals surface area (Å²) in [6.45, 7) is 8.16. The van der Waals surface area contributed by atoms with E-state index in [1.54, 1.807) is 24.3 Å². The van der Waals surface area contributed by atoms with Crippen LogP contribution < -0.4 is 0 Å². The Hall–Kier alpha value is -0.900. The molecule has 3 nitrogen and oxygen atoms in total. The minimum atomic E-state index is -0.196. The second kappa shape index (κ2) is 5.61. The number of hydrogen-bond donors (Lipinski definition) is 0. The third-order valence-electron chi connectivity index (χ3n) is 3.17. The molecule has 1 aliphatic rings. The highest BCUT2D eigenvalue weighted by molar-refractivity contribution is 6.30. The average Bonchev–Trinajstić information content (AvgIpc) is 2.26. The Morgan fingerprint density at radius 2 is 2.05 bits per heavy atom. The SMILES string of the molecule is CC1CN(CC(=O)c2ccc(Cl)cc2)CC(C)(C)O1. The molecule has 1 aromatic rings. The minimum Gasteiger partial charge on any atom is -0.370 e. The topological polar surface area (TPSA) is 29.5 Å².